The molecule has 0 aliphatic rings. The molecule has 0 radical (unpaired) electrons. The number of rotatable bonds is 4. The molecular weight excluding hydrogens is 317 g/mol. The molecule has 0 atom stereocenters. The molecule has 1 heterocycles. The first-order chi connectivity index (χ1) is 11.1. The van der Waals surface area contributed by atoms with Crippen LogP contribution in [0.4, 0.5) is 4.39 Å². The van der Waals surface area contributed by atoms with Crippen LogP contribution in [-0.2, 0) is 0 Å². The molecule has 0 saturated heterocycles. The monoisotopic (exact) mass is 327 g/mol. The van der Waals surface area contributed by atoms with Gasteiger partial charge in [0, 0.05) is 16.1 Å². The Hall–Kier alpha value is -2.72. The Balaban J connectivity index is 1.74. The fourth-order valence-corrected chi connectivity index (χ4v) is 2.09. The number of carbonyl (C=O) groups excluding carboxylic acids is 1. The van der Waals surface area contributed by atoms with Crippen molar-refractivity contribution in [2.45, 2.75) is 0 Å². The summed E-state index contributed by atoms with van der Waals surface area (Å²) < 4.78 is 18.2. The minimum Gasteiger partial charge on any atom is -0.444 e. The highest BCUT2D eigenvalue weighted by molar-refractivity contribution is 6.30. The lowest BCUT2D eigenvalue weighted by Crippen LogP contribution is -1.93. The summed E-state index contributed by atoms with van der Waals surface area (Å²) in [6, 6.07) is 12.4. The van der Waals surface area contributed by atoms with Crippen molar-refractivity contribution in [3.05, 3.63) is 83.0 Å². The van der Waals surface area contributed by atoms with Crippen LogP contribution in [0.25, 0.3) is 17.5 Å². The summed E-state index contributed by atoms with van der Waals surface area (Å²) >= 11 is 5.83. The smallest absolute Gasteiger partial charge is 0.226 e. The molecule has 0 unspecified atom stereocenters. The van der Waals surface area contributed by atoms with Crippen molar-refractivity contribution in [2.24, 2.45) is 0 Å². The summed E-state index contributed by atoms with van der Waals surface area (Å²) in [7, 11) is 0. The molecule has 3 nitrogen and oxygen atoms in total. The molecule has 3 rings (SSSR count). The predicted octanol–water partition coefficient (Wildman–Crippen LogP) is 5.03. The van der Waals surface area contributed by atoms with Crippen molar-refractivity contribution >= 4 is 23.5 Å². The van der Waals surface area contributed by atoms with E-state index >= 15 is 0 Å². The van der Waals surface area contributed by atoms with Gasteiger partial charge >= 0.3 is 0 Å². The van der Waals surface area contributed by atoms with Gasteiger partial charge in [0.2, 0.25) is 5.89 Å². The number of ketones is 1. The Morgan fingerprint density at radius 3 is 2.48 bits per heavy atom. The van der Waals surface area contributed by atoms with Gasteiger partial charge in [-0.05, 0) is 60.7 Å². The van der Waals surface area contributed by atoms with Crippen molar-refractivity contribution in [3.63, 3.8) is 0 Å². The summed E-state index contributed by atoms with van der Waals surface area (Å²) in [5.74, 6) is -0.175. The first-order valence-electron chi connectivity index (χ1n) is 6.81. The van der Waals surface area contributed by atoms with Gasteiger partial charge in [0.05, 0.1) is 0 Å². The Labute approximate surface area is 137 Å². The molecule has 0 bridgehead atoms. The number of allylic oxidation sites excluding steroid dienone is 1. The van der Waals surface area contributed by atoms with Crippen LogP contribution in [-0.4, -0.2) is 10.8 Å². The molecule has 114 valence electrons. The van der Waals surface area contributed by atoms with Gasteiger partial charge in [-0.2, -0.15) is 0 Å². The van der Waals surface area contributed by atoms with Crippen LogP contribution >= 0.6 is 11.6 Å². The van der Waals surface area contributed by atoms with Crippen molar-refractivity contribution < 1.29 is 13.6 Å². The number of halogens is 2. The molecule has 0 fully saturated rings. The van der Waals surface area contributed by atoms with Crippen LogP contribution in [0.3, 0.4) is 0 Å². The van der Waals surface area contributed by atoms with E-state index in [0.717, 1.165) is 5.56 Å². The average Bonchev–Trinajstić information content (AvgIpc) is 3.03. The number of benzene rings is 2. The first kappa shape index (κ1) is 15.2. The van der Waals surface area contributed by atoms with Gasteiger partial charge in [-0.3, -0.25) is 4.79 Å². The fraction of sp³-hybridized carbons (Fsp3) is 0. The molecular formula is C18H11ClFNO2. The number of oxazole rings is 1. The number of carbonyl (C=O) groups is 1. The zero-order chi connectivity index (χ0) is 16.2. The molecule has 0 N–H and O–H groups in total. The molecule has 1 aromatic heterocycles. The minimum atomic E-state index is -0.380. The lowest BCUT2D eigenvalue weighted by molar-refractivity contribution is 0.104. The molecule has 3 aromatic rings. The third-order valence-corrected chi connectivity index (χ3v) is 3.40. The zero-order valence-electron chi connectivity index (χ0n) is 11.9. The van der Waals surface area contributed by atoms with E-state index in [1.807, 2.05) is 0 Å². The second kappa shape index (κ2) is 6.58. The molecule has 0 spiro atoms. The number of hydrogen-bond donors (Lipinski definition) is 0. The van der Waals surface area contributed by atoms with Gasteiger partial charge in [-0.15, -0.1) is 0 Å². The van der Waals surface area contributed by atoms with Crippen LogP contribution in [0.2, 0.25) is 5.02 Å². The van der Waals surface area contributed by atoms with Crippen LogP contribution in [0.1, 0.15) is 16.1 Å². The zero-order valence-corrected chi connectivity index (χ0v) is 12.6. The van der Waals surface area contributed by atoms with E-state index in [2.05, 4.69) is 4.98 Å². The molecule has 0 saturated carbocycles. The van der Waals surface area contributed by atoms with Crippen molar-refractivity contribution in [1.82, 2.24) is 4.98 Å². The fourth-order valence-electron chi connectivity index (χ4n) is 1.96. The maximum atomic E-state index is 12.8. The third kappa shape index (κ3) is 3.73. The molecule has 23 heavy (non-hydrogen) atoms. The third-order valence-electron chi connectivity index (χ3n) is 3.15. The lowest BCUT2D eigenvalue weighted by Gasteiger charge is -1.94. The minimum absolute atomic E-state index is 0.235. The number of aromatic nitrogens is 1. The molecule has 5 heteroatoms. The maximum absolute atomic E-state index is 12.8. The number of nitrogens with zero attached hydrogens (tertiary/aromatic N) is 1. The highest BCUT2D eigenvalue weighted by Crippen LogP contribution is 2.21. The van der Waals surface area contributed by atoms with Crippen molar-refractivity contribution in [2.75, 3.05) is 0 Å². The Morgan fingerprint density at radius 1 is 1.09 bits per heavy atom. The Kier molecular flexibility index (Phi) is 4.35. The quantitative estimate of drug-likeness (QED) is 0.498. The maximum Gasteiger partial charge on any atom is 0.226 e. The molecule has 0 amide bonds. The second-order valence-electron chi connectivity index (χ2n) is 4.79. The standard InChI is InChI=1S/C18H11ClFNO2/c19-14-5-1-13(2-6-14)18-21-16(11-23-18)9-10-17(22)12-3-7-15(20)8-4-12/h1-11H/b10-9+. The van der Waals surface area contributed by atoms with Crippen molar-refractivity contribution in [3.8, 4) is 11.5 Å². The topological polar surface area (TPSA) is 43.1 Å². The van der Waals surface area contributed by atoms with Gasteiger partial charge in [0.1, 0.15) is 17.8 Å². The average molecular weight is 328 g/mol. The summed E-state index contributed by atoms with van der Waals surface area (Å²) in [6.45, 7) is 0. The molecule has 2 aromatic carbocycles. The Bertz CT molecular complexity index is 851. The van der Waals surface area contributed by atoms with E-state index in [0.29, 0.717) is 22.2 Å². The first-order valence-corrected chi connectivity index (χ1v) is 7.19. The van der Waals surface area contributed by atoms with E-state index < -0.39 is 0 Å². The van der Waals surface area contributed by atoms with Crippen LogP contribution in [0.5, 0.6) is 0 Å². The largest absolute Gasteiger partial charge is 0.444 e. The number of hydrogen-bond acceptors (Lipinski definition) is 3. The van der Waals surface area contributed by atoms with Crippen molar-refractivity contribution in [1.29, 1.82) is 0 Å². The lowest BCUT2D eigenvalue weighted by atomic mass is 10.1. The van der Waals surface area contributed by atoms with E-state index in [-0.39, 0.29) is 11.6 Å². The van der Waals surface area contributed by atoms with Gasteiger partial charge in [0.25, 0.3) is 0 Å². The van der Waals surface area contributed by atoms with E-state index in [1.165, 1.54) is 36.6 Å². The SMILES string of the molecule is O=C(/C=C/c1coc(-c2ccc(Cl)cc2)n1)c1ccc(F)cc1. The van der Waals surface area contributed by atoms with Gasteiger partial charge < -0.3 is 4.42 Å². The highest BCUT2D eigenvalue weighted by atomic mass is 35.5. The summed E-state index contributed by atoms with van der Waals surface area (Å²) in [6.07, 6.45) is 4.38. The highest BCUT2D eigenvalue weighted by Gasteiger charge is 2.06. The Morgan fingerprint density at radius 2 is 1.78 bits per heavy atom. The molecule has 0 aliphatic heterocycles. The van der Waals surface area contributed by atoms with Crippen LogP contribution in [0, 0.1) is 5.82 Å². The van der Waals surface area contributed by atoms with Crippen LogP contribution < -0.4 is 0 Å². The summed E-state index contributed by atoms with van der Waals surface area (Å²) in [4.78, 5) is 16.2. The van der Waals surface area contributed by atoms with E-state index in [1.54, 1.807) is 30.3 Å². The second-order valence-corrected chi connectivity index (χ2v) is 5.23. The predicted molar refractivity (Wildman–Crippen MR) is 86.7 cm³/mol. The normalized spacial score (nSPS) is 11.0. The molecule has 0 aliphatic carbocycles. The van der Waals surface area contributed by atoms with Gasteiger partial charge in [-0.25, -0.2) is 9.37 Å². The van der Waals surface area contributed by atoms with E-state index in [4.69, 9.17) is 16.0 Å². The summed E-state index contributed by atoms with van der Waals surface area (Å²) in [5.41, 5.74) is 1.72. The van der Waals surface area contributed by atoms with Gasteiger partial charge in [0.15, 0.2) is 5.78 Å². The summed E-state index contributed by atoms with van der Waals surface area (Å²) in [5, 5.41) is 0.630. The van der Waals surface area contributed by atoms with Crippen LogP contribution in [0.15, 0.2) is 65.3 Å². The van der Waals surface area contributed by atoms with E-state index in [9.17, 15) is 9.18 Å². The van der Waals surface area contributed by atoms with Gasteiger partial charge in [-0.1, -0.05) is 11.6 Å².